The van der Waals surface area contributed by atoms with Gasteiger partial charge in [-0.1, -0.05) is 0 Å². The highest BCUT2D eigenvalue weighted by molar-refractivity contribution is 7.90. The number of nitrogens with zero attached hydrogens (tertiary/aromatic N) is 2. The molecule has 3 rings (SSSR count). The molecule has 2 heterocycles. The summed E-state index contributed by atoms with van der Waals surface area (Å²) in [6, 6.07) is 3.00. The van der Waals surface area contributed by atoms with Crippen molar-refractivity contribution in [1.82, 2.24) is 14.9 Å². The number of hydrogen-bond donors (Lipinski definition) is 2. The number of fused-ring (bicyclic) bond motifs is 1. The maximum Gasteiger partial charge on any atom is 0.256 e. The van der Waals surface area contributed by atoms with Gasteiger partial charge in [0.05, 0.1) is 31.0 Å². The Hall–Kier alpha value is -2.59. The van der Waals surface area contributed by atoms with Gasteiger partial charge in [0.1, 0.15) is 17.2 Å². The van der Waals surface area contributed by atoms with Gasteiger partial charge < -0.3 is 14.6 Å². The van der Waals surface area contributed by atoms with Crippen LogP contribution in [-0.2, 0) is 29.3 Å². The van der Waals surface area contributed by atoms with Crippen molar-refractivity contribution in [3.8, 4) is 17.2 Å². The lowest BCUT2D eigenvalue weighted by molar-refractivity contribution is 0.233. The Balaban J connectivity index is 1.91. The van der Waals surface area contributed by atoms with Crippen molar-refractivity contribution in [3.63, 3.8) is 0 Å². The van der Waals surface area contributed by atoms with E-state index in [0.717, 1.165) is 11.8 Å². The van der Waals surface area contributed by atoms with Crippen LogP contribution in [0.15, 0.2) is 22.1 Å². The van der Waals surface area contributed by atoms with Crippen LogP contribution in [0.4, 0.5) is 0 Å². The molecule has 9 nitrogen and oxygen atoms in total. The number of methoxy groups -OCH3 is 2. The fourth-order valence-corrected chi connectivity index (χ4v) is 3.67. The van der Waals surface area contributed by atoms with Crippen LogP contribution in [0, 0.1) is 0 Å². The number of benzene rings is 1. The summed E-state index contributed by atoms with van der Waals surface area (Å²) < 4.78 is 34.0. The highest BCUT2D eigenvalue weighted by Crippen LogP contribution is 2.35. The zero-order valence-corrected chi connectivity index (χ0v) is 16.1. The van der Waals surface area contributed by atoms with E-state index in [1.807, 2.05) is 4.90 Å². The molecule has 2 aromatic rings. The fraction of sp³-hybridized carbons (Fsp3) is 0.412. The minimum atomic E-state index is -3.58. The molecule has 1 aromatic carbocycles. The number of rotatable bonds is 5. The molecule has 0 aliphatic carbocycles. The lowest BCUT2D eigenvalue weighted by Gasteiger charge is -2.28. The third kappa shape index (κ3) is 3.91. The van der Waals surface area contributed by atoms with Crippen molar-refractivity contribution in [2.24, 2.45) is 0 Å². The molecule has 0 amide bonds. The summed E-state index contributed by atoms with van der Waals surface area (Å²) in [5.74, 6) is 1.000. The van der Waals surface area contributed by atoms with Gasteiger partial charge >= 0.3 is 0 Å². The zero-order valence-electron chi connectivity index (χ0n) is 15.3. The smallest absolute Gasteiger partial charge is 0.256 e. The Morgan fingerprint density at radius 1 is 1.26 bits per heavy atom. The van der Waals surface area contributed by atoms with Crippen molar-refractivity contribution >= 4 is 9.84 Å². The summed E-state index contributed by atoms with van der Waals surface area (Å²) in [5, 5.41) is 9.46. The predicted molar refractivity (Wildman–Crippen MR) is 97.0 cm³/mol. The first-order chi connectivity index (χ1) is 12.7. The molecule has 2 N–H and O–H groups in total. The fourth-order valence-electron chi connectivity index (χ4n) is 3.12. The van der Waals surface area contributed by atoms with Gasteiger partial charge in [-0.25, -0.2) is 13.4 Å². The van der Waals surface area contributed by atoms with Crippen LogP contribution in [0.3, 0.4) is 0 Å². The van der Waals surface area contributed by atoms with Gasteiger partial charge in [-0.05, 0) is 0 Å². The molecule has 0 saturated carbocycles. The second-order valence-corrected chi connectivity index (χ2v) is 8.29. The lowest BCUT2D eigenvalue weighted by Crippen LogP contribution is -2.36. The largest absolute Gasteiger partial charge is 0.508 e. The molecule has 0 unspecified atom stereocenters. The van der Waals surface area contributed by atoms with Crippen molar-refractivity contribution in [3.05, 3.63) is 39.3 Å². The van der Waals surface area contributed by atoms with Crippen molar-refractivity contribution in [2.45, 2.75) is 24.7 Å². The Bertz CT molecular complexity index is 1010. The van der Waals surface area contributed by atoms with Crippen LogP contribution in [0.2, 0.25) is 0 Å². The zero-order chi connectivity index (χ0) is 19.8. The number of hydrogen-bond acceptors (Lipinski definition) is 8. The molecule has 0 saturated heterocycles. The number of aromatic amines is 1. The number of ether oxygens (including phenoxy) is 2. The third-order valence-corrected chi connectivity index (χ3v) is 5.35. The topological polar surface area (TPSA) is 122 Å². The van der Waals surface area contributed by atoms with Gasteiger partial charge in [-0.15, -0.1) is 0 Å². The van der Waals surface area contributed by atoms with E-state index in [-0.39, 0.29) is 10.9 Å². The van der Waals surface area contributed by atoms with E-state index < -0.39 is 15.4 Å². The van der Waals surface area contributed by atoms with Gasteiger partial charge in [-0.3, -0.25) is 14.7 Å². The van der Waals surface area contributed by atoms with Crippen LogP contribution in [-0.4, -0.2) is 55.4 Å². The van der Waals surface area contributed by atoms with E-state index in [1.165, 1.54) is 26.4 Å². The van der Waals surface area contributed by atoms with E-state index in [0.29, 0.717) is 48.8 Å². The Labute approximate surface area is 156 Å². The molecule has 0 spiro atoms. The number of nitrogens with one attached hydrogen (secondary N) is 1. The number of phenols is 1. The molecule has 0 fully saturated rings. The molecule has 146 valence electrons. The molecule has 0 atom stereocenters. The SMILES string of the molecule is COc1cc(O)cc(OC)c1CN1CCc2nc(S(C)(=O)=O)[nH]c(=O)c2C1. The summed E-state index contributed by atoms with van der Waals surface area (Å²) in [4.78, 5) is 20.8. The standard InChI is InChI=1S/C17H21N3O6S/c1-25-14-6-10(21)7-15(26-2)12(14)9-20-5-4-13-11(8-20)16(22)19-17(18-13)27(3,23)24/h6-7,21H,4-5,8-9H2,1-3H3,(H,18,19,22). The monoisotopic (exact) mass is 395 g/mol. The Morgan fingerprint density at radius 3 is 2.44 bits per heavy atom. The normalized spacial score (nSPS) is 14.6. The minimum absolute atomic E-state index is 0.0328. The summed E-state index contributed by atoms with van der Waals surface area (Å²) in [7, 11) is -0.571. The Morgan fingerprint density at radius 2 is 1.89 bits per heavy atom. The average molecular weight is 395 g/mol. The predicted octanol–water partition coefficient (Wildman–Crippen LogP) is 0.454. The first-order valence-electron chi connectivity index (χ1n) is 8.21. The molecular formula is C17H21N3O6S. The summed E-state index contributed by atoms with van der Waals surface area (Å²) in [6.45, 7) is 1.33. The second kappa shape index (κ2) is 7.20. The molecule has 0 bridgehead atoms. The molecule has 27 heavy (non-hydrogen) atoms. The first-order valence-corrected chi connectivity index (χ1v) is 10.1. The van der Waals surface area contributed by atoms with E-state index in [9.17, 15) is 18.3 Å². The molecule has 10 heteroatoms. The van der Waals surface area contributed by atoms with Crippen molar-refractivity contribution < 1.29 is 23.0 Å². The maximum absolute atomic E-state index is 12.4. The van der Waals surface area contributed by atoms with E-state index in [4.69, 9.17) is 9.47 Å². The van der Waals surface area contributed by atoms with Gasteiger partial charge in [0.2, 0.25) is 15.0 Å². The maximum atomic E-state index is 12.4. The summed E-state index contributed by atoms with van der Waals surface area (Å²) in [6.07, 6.45) is 1.46. The van der Waals surface area contributed by atoms with Gasteiger partial charge in [0.15, 0.2) is 0 Å². The molecule has 1 aliphatic heterocycles. The molecule has 1 aliphatic rings. The van der Waals surface area contributed by atoms with Crippen LogP contribution in [0.5, 0.6) is 17.2 Å². The van der Waals surface area contributed by atoms with Gasteiger partial charge in [0, 0.05) is 44.4 Å². The minimum Gasteiger partial charge on any atom is -0.508 e. The highest BCUT2D eigenvalue weighted by Gasteiger charge is 2.25. The van der Waals surface area contributed by atoms with Crippen LogP contribution >= 0.6 is 0 Å². The number of aromatic nitrogens is 2. The van der Waals surface area contributed by atoms with Crippen molar-refractivity contribution in [2.75, 3.05) is 27.0 Å². The molecule has 1 aromatic heterocycles. The molecule has 0 radical (unpaired) electrons. The quantitative estimate of drug-likeness (QED) is 0.700. The lowest BCUT2D eigenvalue weighted by atomic mass is 10.1. The van der Waals surface area contributed by atoms with E-state index in [2.05, 4.69) is 9.97 Å². The van der Waals surface area contributed by atoms with Gasteiger partial charge in [-0.2, -0.15) is 0 Å². The van der Waals surface area contributed by atoms with Crippen LogP contribution < -0.4 is 15.0 Å². The third-order valence-electron chi connectivity index (χ3n) is 4.45. The van der Waals surface area contributed by atoms with Crippen molar-refractivity contribution in [1.29, 1.82) is 0 Å². The van der Waals surface area contributed by atoms with E-state index in [1.54, 1.807) is 0 Å². The number of phenolic OH excluding ortho intramolecular Hbond substituents is 1. The summed E-state index contributed by atoms with van der Waals surface area (Å²) >= 11 is 0. The number of H-pyrrole nitrogens is 1. The molecular weight excluding hydrogens is 374 g/mol. The highest BCUT2D eigenvalue weighted by atomic mass is 32.2. The average Bonchev–Trinajstić information content (AvgIpc) is 2.62. The van der Waals surface area contributed by atoms with Gasteiger partial charge in [0.25, 0.3) is 5.56 Å². The first kappa shape index (κ1) is 19.2. The Kier molecular flexibility index (Phi) is 5.11. The number of aromatic hydroxyl groups is 1. The number of sulfone groups is 1. The van der Waals surface area contributed by atoms with E-state index >= 15 is 0 Å². The summed E-state index contributed by atoms with van der Waals surface area (Å²) in [5.41, 5.74) is 1.25. The van der Waals surface area contributed by atoms with Crippen LogP contribution in [0.1, 0.15) is 16.8 Å². The van der Waals surface area contributed by atoms with Crippen LogP contribution in [0.25, 0.3) is 0 Å². The second-order valence-electron chi connectivity index (χ2n) is 6.36.